The highest BCUT2D eigenvalue weighted by atomic mass is 79.9. The van der Waals surface area contributed by atoms with Crippen LogP contribution in [-0.2, 0) is 12.7 Å². The summed E-state index contributed by atoms with van der Waals surface area (Å²) >= 11 is 3.07. The second kappa shape index (κ2) is 6.05. The smallest absolute Gasteiger partial charge is 0.355 e. The third-order valence-corrected chi connectivity index (χ3v) is 3.42. The van der Waals surface area contributed by atoms with Gasteiger partial charge in [-0.05, 0) is 32.0 Å². The van der Waals surface area contributed by atoms with E-state index in [4.69, 9.17) is 0 Å². The average molecular weight is 363 g/mol. The highest BCUT2D eigenvalue weighted by Gasteiger charge is 2.35. The minimum Gasteiger partial charge on any atom is -0.355 e. The molecule has 0 aliphatic rings. The third-order valence-electron chi connectivity index (χ3n) is 2.93. The van der Waals surface area contributed by atoms with Crippen LogP contribution in [0.5, 0.6) is 0 Å². The zero-order valence-corrected chi connectivity index (χ0v) is 13.1. The molecule has 0 saturated carbocycles. The molecule has 0 fully saturated rings. The second-order valence-corrected chi connectivity index (χ2v) is 5.23. The first-order valence-corrected chi connectivity index (χ1v) is 7.22. The highest BCUT2D eigenvalue weighted by Crippen LogP contribution is 2.38. The molecule has 0 amide bonds. The molecule has 1 aromatic heterocycles. The molecule has 4 nitrogen and oxygen atoms in total. The third kappa shape index (κ3) is 3.20. The normalized spacial score (nSPS) is 11.7. The van der Waals surface area contributed by atoms with Gasteiger partial charge in [0.05, 0.1) is 5.56 Å². The van der Waals surface area contributed by atoms with Crippen LogP contribution in [0.4, 0.5) is 19.1 Å². The van der Waals surface area contributed by atoms with Gasteiger partial charge in [-0.3, -0.25) is 4.57 Å². The van der Waals surface area contributed by atoms with Crippen LogP contribution in [0, 0.1) is 0 Å². The molecular formula is C13H14BrF3N4. The maximum atomic E-state index is 13.2. The van der Waals surface area contributed by atoms with Crippen molar-refractivity contribution in [1.82, 2.24) is 14.8 Å². The molecule has 1 heterocycles. The molecule has 21 heavy (non-hydrogen) atoms. The zero-order valence-electron chi connectivity index (χ0n) is 11.5. The van der Waals surface area contributed by atoms with E-state index in [2.05, 4.69) is 31.4 Å². The number of rotatable bonds is 4. The van der Waals surface area contributed by atoms with Crippen molar-refractivity contribution in [3.63, 3.8) is 0 Å². The molecule has 0 spiro atoms. The highest BCUT2D eigenvalue weighted by molar-refractivity contribution is 9.10. The van der Waals surface area contributed by atoms with Gasteiger partial charge in [-0.1, -0.05) is 15.9 Å². The summed E-state index contributed by atoms with van der Waals surface area (Å²) in [5, 5.41) is 10.8. The molecule has 2 aromatic rings. The lowest BCUT2D eigenvalue weighted by Gasteiger charge is -2.14. The number of hydrogen-bond acceptors (Lipinski definition) is 3. The van der Waals surface area contributed by atoms with Gasteiger partial charge in [-0.2, -0.15) is 13.2 Å². The number of nitrogens with zero attached hydrogens (tertiary/aromatic N) is 3. The van der Waals surface area contributed by atoms with E-state index in [1.54, 1.807) is 10.6 Å². The number of aromatic nitrogens is 3. The first-order valence-electron chi connectivity index (χ1n) is 6.42. The first kappa shape index (κ1) is 15.8. The Kier molecular flexibility index (Phi) is 4.55. The van der Waals surface area contributed by atoms with E-state index in [0.29, 0.717) is 23.5 Å². The summed E-state index contributed by atoms with van der Waals surface area (Å²) in [6.07, 6.45) is -4.46. The molecule has 8 heteroatoms. The lowest BCUT2D eigenvalue weighted by atomic mass is 10.1. The van der Waals surface area contributed by atoms with Crippen molar-refractivity contribution in [2.24, 2.45) is 0 Å². The van der Waals surface area contributed by atoms with E-state index in [1.165, 1.54) is 6.07 Å². The fourth-order valence-corrected chi connectivity index (χ4v) is 2.40. The maximum absolute atomic E-state index is 13.2. The summed E-state index contributed by atoms with van der Waals surface area (Å²) in [6.45, 7) is 4.80. The van der Waals surface area contributed by atoms with Crippen molar-refractivity contribution in [3.8, 4) is 11.4 Å². The molecule has 0 bridgehead atoms. The largest absolute Gasteiger partial charge is 0.417 e. The number of alkyl halides is 3. The number of nitrogens with one attached hydrogen (secondary N) is 1. The standard InChI is InChI=1S/C13H14BrF3N4/c1-3-18-12-20-19-11(21(12)4-2)9-6-5-8(14)7-10(9)13(15,16)17/h5-7H,3-4H2,1-2H3,(H,18,20). The molecule has 0 aliphatic heterocycles. The Hall–Kier alpha value is -1.57. The van der Waals surface area contributed by atoms with Crippen molar-refractivity contribution in [1.29, 1.82) is 0 Å². The Labute approximate surface area is 128 Å². The summed E-state index contributed by atoms with van der Waals surface area (Å²) in [6, 6.07) is 4.02. The molecule has 114 valence electrons. The predicted molar refractivity (Wildman–Crippen MR) is 78.0 cm³/mol. The number of hydrogen-bond donors (Lipinski definition) is 1. The van der Waals surface area contributed by atoms with E-state index >= 15 is 0 Å². The Morgan fingerprint density at radius 1 is 1.24 bits per heavy atom. The van der Waals surface area contributed by atoms with Crippen molar-refractivity contribution in [3.05, 3.63) is 28.2 Å². The second-order valence-electron chi connectivity index (χ2n) is 4.31. The molecule has 1 aromatic carbocycles. The molecule has 0 aliphatic carbocycles. The van der Waals surface area contributed by atoms with Crippen LogP contribution in [0.3, 0.4) is 0 Å². The molecule has 2 rings (SSSR count). The van der Waals surface area contributed by atoms with Gasteiger partial charge in [0.2, 0.25) is 5.95 Å². The van der Waals surface area contributed by atoms with Crippen molar-refractivity contribution in [2.45, 2.75) is 26.6 Å². The van der Waals surface area contributed by atoms with Crippen LogP contribution >= 0.6 is 15.9 Å². The lowest BCUT2D eigenvalue weighted by Crippen LogP contribution is -2.11. The van der Waals surface area contributed by atoms with Gasteiger partial charge in [0.1, 0.15) is 0 Å². The molecule has 0 atom stereocenters. The van der Waals surface area contributed by atoms with Crippen LogP contribution in [0.25, 0.3) is 11.4 Å². The zero-order chi connectivity index (χ0) is 15.6. The van der Waals surface area contributed by atoms with E-state index in [1.807, 2.05) is 13.8 Å². The molecule has 1 N–H and O–H groups in total. The van der Waals surface area contributed by atoms with Crippen molar-refractivity contribution in [2.75, 3.05) is 11.9 Å². The van der Waals surface area contributed by atoms with Gasteiger partial charge in [0, 0.05) is 23.1 Å². The van der Waals surface area contributed by atoms with Gasteiger partial charge in [0.25, 0.3) is 0 Å². The fourth-order valence-electron chi connectivity index (χ4n) is 2.04. The van der Waals surface area contributed by atoms with Crippen LogP contribution < -0.4 is 5.32 Å². The Balaban J connectivity index is 2.62. The van der Waals surface area contributed by atoms with Crippen LogP contribution in [0.1, 0.15) is 19.4 Å². The molecular weight excluding hydrogens is 349 g/mol. The minimum absolute atomic E-state index is 0.0178. The Bertz CT molecular complexity index is 637. The van der Waals surface area contributed by atoms with E-state index in [-0.39, 0.29) is 11.4 Å². The van der Waals surface area contributed by atoms with E-state index in [9.17, 15) is 13.2 Å². The number of halogens is 4. The van der Waals surface area contributed by atoms with Crippen molar-refractivity contribution >= 4 is 21.9 Å². The predicted octanol–water partition coefficient (Wildman–Crippen LogP) is 4.18. The molecule has 0 unspecified atom stereocenters. The van der Waals surface area contributed by atoms with E-state index < -0.39 is 11.7 Å². The Morgan fingerprint density at radius 3 is 2.52 bits per heavy atom. The topological polar surface area (TPSA) is 42.7 Å². The van der Waals surface area contributed by atoms with E-state index in [0.717, 1.165) is 6.07 Å². The SMILES string of the molecule is CCNc1nnc(-c2ccc(Br)cc2C(F)(F)F)n1CC. The minimum atomic E-state index is -4.46. The lowest BCUT2D eigenvalue weighted by molar-refractivity contribution is -0.137. The van der Waals surface area contributed by atoms with Gasteiger partial charge >= 0.3 is 6.18 Å². The van der Waals surface area contributed by atoms with Crippen LogP contribution in [0.15, 0.2) is 22.7 Å². The average Bonchev–Trinajstić information content (AvgIpc) is 2.81. The summed E-state index contributed by atoms with van der Waals surface area (Å²) in [5.74, 6) is 0.666. The molecule has 0 radical (unpaired) electrons. The monoisotopic (exact) mass is 362 g/mol. The van der Waals surface area contributed by atoms with Crippen molar-refractivity contribution < 1.29 is 13.2 Å². The number of benzene rings is 1. The summed E-state index contributed by atoms with van der Waals surface area (Å²) in [7, 11) is 0. The van der Waals surface area contributed by atoms with Gasteiger partial charge in [0.15, 0.2) is 5.82 Å². The number of anilines is 1. The van der Waals surface area contributed by atoms with Crippen LogP contribution in [0.2, 0.25) is 0 Å². The fraction of sp³-hybridized carbons (Fsp3) is 0.385. The van der Waals surface area contributed by atoms with Gasteiger partial charge in [-0.15, -0.1) is 10.2 Å². The maximum Gasteiger partial charge on any atom is 0.417 e. The summed E-state index contributed by atoms with van der Waals surface area (Å²) in [4.78, 5) is 0. The van der Waals surface area contributed by atoms with Gasteiger partial charge in [-0.25, -0.2) is 0 Å². The summed E-state index contributed by atoms with van der Waals surface area (Å²) in [5.41, 5.74) is -0.716. The first-order chi connectivity index (χ1) is 9.88. The molecule has 0 saturated heterocycles. The van der Waals surface area contributed by atoms with Gasteiger partial charge < -0.3 is 5.32 Å². The quantitative estimate of drug-likeness (QED) is 0.886. The Morgan fingerprint density at radius 2 is 1.95 bits per heavy atom. The van der Waals surface area contributed by atoms with Crippen LogP contribution in [-0.4, -0.2) is 21.3 Å². The summed E-state index contributed by atoms with van der Waals surface area (Å²) < 4.78 is 41.6.